The number of nitrogens with zero attached hydrogens (tertiary/aromatic N) is 3. The van der Waals surface area contributed by atoms with E-state index in [1.807, 2.05) is 47.1 Å². The second kappa shape index (κ2) is 5.63. The van der Waals surface area contributed by atoms with Crippen molar-refractivity contribution in [2.75, 3.05) is 17.2 Å². The van der Waals surface area contributed by atoms with Crippen molar-refractivity contribution in [3.8, 4) is 11.3 Å². The molecule has 4 aromatic rings. The van der Waals surface area contributed by atoms with Crippen molar-refractivity contribution >= 4 is 22.8 Å². The van der Waals surface area contributed by atoms with Crippen LogP contribution in [0.5, 0.6) is 0 Å². The van der Waals surface area contributed by atoms with Crippen molar-refractivity contribution in [3.05, 3.63) is 72.7 Å². The third kappa shape index (κ3) is 2.50. The standard InChI is InChI=1S/C20H17N5/c1-2-4-16(5-3-1)23-19-20-22-10-11-25(20)13-18(24-19)14-6-7-17-15(12-14)8-9-21-17/h1-7,10-13,21H,8-9H2,(H,23,24). The average molecular weight is 327 g/mol. The number of hydrogen-bond acceptors (Lipinski definition) is 4. The van der Waals surface area contributed by atoms with Crippen molar-refractivity contribution in [3.63, 3.8) is 0 Å². The molecule has 1 aliphatic heterocycles. The summed E-state index contributed by atoms with van der Waals surface area (Å²) in [6.07, 6.45) is 6.84. The van der Waals surface area contributed by atoms with E-state index in [0.717, 1.165) is 41.4 Å². The normalized spacial score (nSPS) is 12.8. The van der Waals surface area contributed by atoms with Crippen molar-refractivity contribution in [1.82, 2.24) is 14.4 Å². The minimum atomic E-state index is 0.757. The van der Waals surface area contributed by atoms with E-state index in [9.17, 15) is 0 Å². The Kier molecular flexibility index (Phi) is 3.16. The molecule has 0 spiro atoms. The summed E-state index contributed by atoms with van der Waals surface area (Å²) in [5.74, 6) is 0.757. The van der Waals surface area contributed by atoms with Gasteiger partial charge >= 0.3 is 0 Å². The van der Waals surface area contributed by atoms with E-state index in [0.29, 0.717) is 0 Å². The highest BCUT2D eigenvalue weighted by molar-refractivity contribution is 5.75. The molecule has 3 heterocycles. The molecule has 0 atom stereocenters. The number of aromatic nitrogens is 3. The summed E-state index contributed by atoms with van der Waals surface area (Å²) in [5, 5.41) is 6.79. The fraction of sp³-hybridized carbons (Fsp3) is 0.100. The summed E-state index contributed by atoms with van der Waals surface area (Å²) in [7, 11) is 0. The molecule has 0 radical (unpaired) electrons. The van der Waals surface area contributed by atoms with Crippen LogP contribution in [0.2, 0.25) is 0 Å². The van der Waals surface area contributed by atoms with Crippen LogP contribution in [-0.2, 0) is 6.42 Å². The zero-order valence-electron chi connectivity index (χ0n) is 13.6. The van der Waals surface area contributed by atoms with Gasteiger partial charge < -0.3 is 15.0 Å². The van der Waals surface area contributed by atoms with E-state index in [1.54, 1.807) is 6.20 Å². The fourth-order valence-electron chi connectivity index (χ4n) is 3.28. The van der Waals surface area contributed by atoms with Crippen LogP contribution in [0.4, 0.5) is 17.2 Å². The largest absolute Gasteiger partial charge is 0.384 e. The van der Waals surface area contributed by atoms with Crippen molar-refractivity contribution < 1.29 is 0 Å². The molecule has 2 N–H and O–H groups in total. The van der Waals surface area contributed by atoms with Gasteiger partial charge in [0.05, 0.1) is 5.69 Å². The van der Waals surface area contributed by atoms with Gasteiger partial charge in [-0.15, -0.1) is 0 Å². The van der Waals surface area contributed by atoms with Gasteiger partial charge in [0.1, 0.15) is 0 Å². The monoisotopic (exact) mass is 327 g/mol. The molecule has 25 heavy (non-hydrogen) atoms. The molecule has 5 rings (SSSR count). The lowest BCUT2D eigenvalue weighted by Gasteiger charge is -2.11. The lowest BCUT2D eigenvalue weighted by atomic mass is 10.1. The first-order chi connectivity index (χ1) is 12.4. The van der Waals surface area contributed by atoms with E-state index in [-0.39, 0.29) is 0 Å². The van der Waals surface area contributed by atoms with Crippen molar-refractivity contribution in [1.29, 1.82) is 0 Å². The Morgan fingerprint density at radius 2 is 2.00 bits per heavy atom. The highest BCUT2D eigenvalue weighted by atomic mass is 15.1. The van der Waals surface area contributed by atoms with Gasteiger partial charge in [0.15, 0.2) is 11.5 Å². The number of hydrogen-bond donors (Lipinski definition) is 2. The Morgan fingerprint density at radius 1 is 1.08 bits per heavy atom. The maximum Gasteiger partial charge on any atom is 0.180 e. The zero-order valence-corrected chi connectivity index (χ0v) is 13.6. The number of fused-ring (bicyclic) bond motifs is 2. The molecule has 5 nitrogen and oxygen atoms in total. The topological polar surface area (TPSA) is 54.2 Å². The quantitative estimate of drug-likeness (QED) is 0.595. The van der Waals surface area contributed by atoms with Crippen LogP contribution in [0.15, 0.2) is 67.1 Å². The smallest absolute Gasteiger partial charge is 0.180 e. The predicted octanol–water partition coefficient (Wildman–Crippen LogP) is 4.11. The minimum Gasteiger partial charge on any atom is -0.384 e. The summed E-state index contributed by atoms with van der Waals surface area (Å²) >= 11 is 0. The average Bonchev–Trinajstić information content (AvgIpc) is 3.31. The molecule has 0 fully saturated rings. The predicted molar refractivity (Wildman–Crippen MR) is 100 cm³/mol. The lowest BCUT2D eigenvalue weighted by molar-refractivity contribution is 1.10. The zero-order chi connectivity index (χ0) is 16.6. The molecule has 0 saturated carbocycles. The number of nitrogens with one attached hydrogen (secondary N) is 2. The Morgan fingerprint density at radius 3 is 2.92 bits per heavy atom. The molecular formula is C20H17N5. The van der Waals surface area contributed by atoms with E-state index in [2.05, 4.69) is 33.8 Å². The van der Waals surface area contributed by atoms with E-state index < -0.39 is 0 Å². The summed E-state index contributed by atoms with van der Waals surface area (Å²) < 4.78 is 2.01. The molecule has 0 aliphatic carbocycles. The molecular weight excluding hydrogens is 310 g/mol. The molecule has 2 aromatic carbocycles. The van der Waals surface area contributed by atoms with Crippen LogP contribution in [0.3, 0.4) is 0 Å². The van der Waals surface area contributed by atoms with Gasteiger partial charge in [-0.25, -0.2) is 9.97 Å². The van der Waals surface area contributed by atoms with Crippen LogP contribution in [0, 0.1) is 0 Å². The third-order valence-electron chi connectivity index (χ3n) is 4.52. The third-order valence-corrected chi connectivity index (χ3v) is 4.52. The Bertz CT molecular complexity index is 1050. The summed E-state index contributed by atoms with van der Waals surface area (Å²) in [6.45, 7) is 1.01. The van der Waals surface area contributed by atoms with Crippen LogP contribution in [0.25, 0.3) is 16.9 Å². The Balaban J connectivity index is 1.62. The van der Waals surface area contributed by atoms with Gasteiger partial charge in [0.2, 0.25) is 0 Å². The highest BCUT2D eigenvalue weighted by Crippen LogP contribution is 2.29. The Hall–Kier alpha value is -3.34. The molecule has 5 heteroatoms. The first-order valence-electron chi connectivity index (χ1n) is 8.40. The summed E-state index contributed by atoms with van der Waals surface area (Å²) in [4.78, 5) is 9.28. The fourth-order valence-corrected chi connectivity index (χ4v) is 3.28. The van der Waals surface area contributed by atoms with Crippen molar-refractivity contribution in [2.24, 2.45) is 0 Å². The number of anilines is 3. The highest BCUT2D eigenvalue weighted by Gasteiger charge is 2.13. The lowest BCUT2D eigenvalue weighted by Crippen LogP contribution is -2.00. The maximum absolute atomic E-state index is 4.85. The SMILES string of the molecule is c1ccc(Nc2nc(-c3ccc4c(c3)CCN4)cn3ccnc23)cc1. The van der Waals surface area contributed by atoms with E-state index in [1.165, 1.54) is 11.3 Å². The number of benzene rings is 2. The van der Waals surface area contributed by atoms with Crippen LogP contribution < -0.4 is 10.6 Å². The number of para-hydroxylation sites is 1. The van der Waals surface area contributed by atoms with Crippen LogP contribution in [0.1, 0.15) is 5.56 Å². The maximum atomic E-state index is 4.85. The second-order valence-electron chi connectivity index (χ2n) is 6.17. The van der Waals surface area contributed by atoms with E-state index >= 15 is 0 Å². The first-order valence-corrected chi connectivity index (χ1v) is 8.40. The molecule has 1 aliphatic rings. The summed E-state index contributed by atoms with van der Waals surface area (Å²) in [6, 6.07) is 16.5. The van der Waals surface area contributed by atoms with Crippen LogP contribution >= 0.6 is 0 Å². The molecule has 0 unspecified atom stereocenters. The molecule has 122 valence electrons. The van der Waals surface area contributed by atoms with Crippen molar-refractivity contribution in [2.45, 2.75) is 6.42 Å². The van der Waals surface area contributed by atoms with E-state index in [4.69, 9.17) is 4.98 Å². The molecule has 2 aromatic heterocycles. The summed E-state index contributed by atoms with van der Waals surface area (Å²) in [5.41, 5.74) is 6.44. The number of rotatable bonds is 3. The van der Waals surface area contributed by atoms with Crippen LogP contribution in [-0.4, -0.2) is 20.9 Å². The molecule has 0 bridgehead atoms. The van der Waals surface area contributed by atoms with Gasteiger partial charge in [-0.3, -0.25) is 0 Å². The minimum absolute atomic E-state index is 0.757. The Labute approximate surface area is 145 Å². The van der Waals surface area contributed by atoms with Gasteiger partial charge in [0, 0.05) is 42.1 Å². The second-order valence-corrected chi connectivity index (χ2v) is 6.17. The first kappa shape index (κ1) is 14.0. The number of imidazole rings is 1. The molecule has 0 saturated heterocycles. The van der Waals surface area contributed by atoms with Gasteiger partial charge in [-0.1, -0.05) is 24.3 Å². The molecule has 0 amide bonds. The van der Waals surface area contributed by atoms with Gasteiger partial charge in [0.25, 0.3) is 0 Å². The van der Waals surface area contributed by atoms with Gasteiger partial charge in [-0.05, 0) is 36.2 Å². The van der Waals surface area contributed by atoms with Gasteiger partial charge in [-0.2, -0.15) is 0 Å².